The molecule has 17 heavy (non-hydrogen) atoms. The van der Waals surface area contributed by atoms with Crippen LogP contribution >= 0.6 is 23.2 Å². The van der Waals surface area contributed by atoms with Gasteiger partial charge in [-0.3, -0.25) is 0 Å². The van der Waals surface area contributed by atoms with Crippen molar-refractivity contribution in [1.82, 2.24) is 5.32 Å². The van der Waals surface area contributed by atoms with Gasteiger partial charge in [0.15, 0.2) is 0 Å². The Morgan fingerprint density at radius 2 is 1.82 bits per heavy atom. The second kappa shape index (κ2) is 5.94. The van der Waals surface area contributed by atoms with Crippen LogP contribution in [0, 0.1) is 0 Å². The third-order valence-electron chi connectivity index (χ3n) is 3.37. The molecule has 1 rings (SSSR count). The van der Waals surface area contributed by atoms with E-state index in [9.17, 15) is 5.11 Å². The van der Waals surface area contributed by atoms with Crippen LogP contribution < -0.4 is 5.32 Å². The smallest absolute Gasteiger partial charge is 0.138 e. The maximum absolute atomic E-state index is 9.83. The average Bonchev–Trinajstić information content (AvgIpc) is 2.31. The number of phenolic OH excluding ortho intramolecular Hbond substituents is 1. The van der Waals surface area contributed by atoms with E-state index in [4.69, 9.17) is 23.2 Å². The lowest BCUT2D eigenvalue weighted by atomic mass is 9.95. The summed E-state index contributed by atoms with van der Waals surface area (Å²) in [5.74, 6) is 0.109. The second-order valence-corrected chi connectivity index (χ2v) is 5.36. The quantitative estimate of drug-likeness (QED) is 0.837. The van der Waals surface area contributed by atoms with Crippen molar-refractivity contribution in [1.29, 1.82) is 0 Å². The average molecular weight is 276 g/mol. The lowest BCUT2D eigenvalue weighted by Crippen LogP contribution is -2.40. The van der Waals surface area contributed by atoms with Crippen molar-refractivity contribution in [3.8, 4) is 5.75 Å². The highest BCUT2D eigenvalue weighted by Crippen LogP contribution is 2.31. The third kappa shape index (κ3) is 3.77. The highest BCUT2D eigenvalue weighted by atomic mass is 35.5. The van der Waals surface area contributed by atoms with Gasteiger partial charge in [0.1, 0.15) is 5.75 Å². The van der Waals surface area contributed by atoms with Crippen LogP contribution in [0.3, 0.4) is 0 Å². The molecule has 4 heteroatoms. The molecule has 0 aromatic heterocycles. The summed E-state index contributed by atoms with van der Waals surface area (Å²) in [5, 5.41) is 14.1. The molecule has 0 spiro atoms. The van der Waals surface area contributed by atoms with Gasteiger partial charge < -0.3 is 10.4 Å². The lowest BCUT2D eigenvalue weighted by Gasteiger charge is -2.28. The summed E-state index contributed by atoms with van der Waals surface area (Å²) >= 11 is 11.8. The first-order valence-corrected chi connectivity index (χ1v) is 6.59. The van der Waals surface area contributed by atoms with E-state index in [0.717, 1.165) is 18.4 Å². The van der Waals surface area contributed by atoms with E-state index in [1.807, 2.05) is 0 Å². The largest absolute Gasteiger partial charge is 0.506 e. The molecule has 0 amide bonds. The number of halogens is 2. The minimum atomic E-state index is 0.0707. The Kier molecular flexibility index (Phi) is 5.11. The van der Waals surface area contributed by atoms with Gasteiger partial charge >= 0.3 is 0 Å². The summed E-state index contributed by atoms with van der Waals surface area (Å²) in [6.07, 6.45) is 2.05. The standard InChI is InChI=1S/C13H19Cl2NO/c1-4-13(3,5-2)16-8-9-6-10(14)7-11(15)12(9)17/h6-7,16-17H,4-5,8H2,1-3H3. The van der Waals surface area contributed by atoms with E-state index >= 15 is 0 Å². The first-order chi connectivity index (χ1) is 7.91. The van der Waals surface area contributed by atoms with E-state index in [-0.39, 0.29) is 11.3 Å². The summed E-state index contributed by atoms with van der Waals surface area (Å²) in [4.78, 5) is 0. The van der Waals surface area contributed by atoms with Gasteiger partial charge in [-0.2, -0.15) is 0 Å². The Hall–Kier alpha value is -0.440. The maximum atomic E-state index is 9.83. The Bertz CT molecular complexity index is 389. The van der Waals surface area contributed by atoms with Gasteiger partial charge in [-0.15, -0.1) is 0 Å². The summed E-state index contributed by atoms with van der Waals surface area (Å²) in [7, 11) is 0. The molecule has 0 radical (unpaired) electrons. The molecule has 0 aliphatic rings. The fourth-order valence-corrected chi connectivity index (χ4v) is 2.10. The molecule has 2 N–H and O–H groups in total. The normalized spacial score (nSPS) is 11.8. The van der Waals surface area contributed by atoms with Crippen molar-refractivity contribution in [2.75, 3.05) is 0 Å². The number of aromatic hydroxyl groups is 1. The van der Waals surface area contributed by atoms with E-state index in [2.05, 4.69) is 26.1 Å². The Morgan fingerprint density at radius 1 is 1.24 bits per heavy atom. The molecule has 0 atom stereocenters. The lowest BCUT2D eigenvalue weighted by molar-refractivity contribution is 0.326. The molecule has 96 valence electrons. The van der Waals surface area contributed by atoms with Gasteiger partial charge in [-0.05, 0) is 31.9 Å². The molecule has 0 aliphatic carbocycles. The van der Waals surface area contributed by atoms with Crippen LogP contribution in [0.25, 0.3) is 0 Å². The number of nitrogens with one attached hydrogen (secondary N) is 1. The van der Waals surface area contributed by atoms with Gasteiger partial charge in [0.2, 0.25) is 0 Å². The van der Waals surface area contributed by atoms with Gasteiger partial charge in [-0.1, -0.05) is 37.0 Å². The van der Waals surface area contributed by atoms with E-state index in [1.165, 1.54) is 0 Å². The van der Waals surface area contributed by atoms with Crippen molar-refractivity contribution < 1.29 is 5.11 Å². The van der Waals surface area contributed by atoms with Gasteiger partial charge in [-0.25, -0.2) is 0 Å². The Morgan fingerprint density at radius 3 is 2.35 bits per heavy atom. The topological polar surface area (TPSA) is 32.3 Å². The van der Waals surface area contributed by atoms with Gasteiger partial charge in [0.25, 0.3) is 0 Å². The third-order valence-corrected chi connectivity index (χ3v) is 3.88. The fourth-order valence-electron chi connectivity index (χ4n) is 1.56. The zero-order valence-electron chi connectivity index (χ0n) is 10.5. The molecule has 0 heterocycles. The Balaban J connectivity index is 2.82. The van der Waals surface area contributed by atoms with Crippen molar-refractivity contribution in [3.63, 3.8) is 0 Å². The molecule has 1 aromatic rings. The molecular weight excluding hydrogens is 257 g/mol. The van der Waals surface area contributed by atoms with Crippen LogP contribution in [0.15, 0.2) is 12.1 Å². The van der Waals surface area contributed by atoms with E-state index in [0.29, 0.717) is 16.6 Å². The summed E-state index contributed by atoms with van der Waals surface area (Å²) < 4.78 is 0. The minimum Gasteiger partial charge on any atom is -0.506 e. The van der Waals surface area contributed by atoms with E-state index in [1.54, 1.807) is 12.1 Å². The number of benzene rings is 1. The minimum absolute atomic E-state index is 0.0707. The van der Waals surface area contributed by atoms with Crippen molar-refractivity contribution in [3.05, 3.63) is 27.7 Å². The van der Waals surface area contributed by atoms with Crippen LogP contribution in [0.5, 0.6) is 5.75 Å². The summed E-state index contributed by atoms with van der Waals surface area (Å²) in [6, 6.07) is 3.28. The maximum Gasteiger partial charge on any atom is 0.138 e. The fraction of sp³-hybridized carbons (Fsp3) is 0.538. The molecule has 0 saturated heterocycles. The van der Waals surface area contributed by atoms with Crippen LogP contribution in [-0.2, 0) is 6.54 Å². The monoisotopic (exact) mass is 275 g/mol. The van der Waals surface area contributed by atoms with E-state index < -0.39 is 0 Å². The molecule has 2 nitrogen and oxygen atoms in total. The zero-order chi connectivity index (χ0) is 13.1. The molecule has 0 aliphatic heterocycles. The SMILES string of the molecule is CCC(C)(CC)NCc1cc(Cl)cc(Cl)c1O. The zero-order valence-corrected chi connectivity index (χ0v) is 12.0. The first-order valence-electron chi connectivity index (χ1n) is 5.83. The van der Waals surface area contributed by atoms with Crippen molar-refractivity contribution >= 4 is 23.2 Å². The Labute approximate surface area is 113 Å². The first kappa shape index (κ1) is 14.6. The van der Waals surface area contributed by atoms with Crippen LogP contribution in [0.4, 0.5) is 0 Å². The van der Waals surface area contributed by atoms with Gasteiger partial charge in [0.05, 0.1) is 5.02 Å². The molecule has 0 bridgehead atoms. The van der Waals surface area contributed by atoms with Crippen molar-refractivity contribution in [2.24, 2.45) is 0 Å². The predicted octanol–water partition coefficient (Wildman–Crippen LogP) is 4.37. The van der Waals surface area contributed by atoms with Crippen LogP contribution in [0.1, 0.15) is 39.2 Å². The number of hydrogen-bond donors (Lipinski definition) is 2. The second-order valence-electron chi connectivity index (χ2n) is 4.52. The highest BCUT2D eigenvalue weighted by Gasteiger charge is 2.19. The number of phenols is 1. The summed E-state index contributed by atoms with van der Waals surface area (Å²) in [6.45, 7) is 7.00. The number of hydrogen-bond acceptors (Lipinski definition) is 2. The van der Waals surface area contributed by atoms with Crippen molar-refractivity contribution in [2.45, 2.75) is 45.7 Å². The highest BCUT2D eigenvalue weighted by molar-refractivity contribution is 6.35. The molecular formula is C13H19Cl2NO. The molecule has 1 aromatic carbocycles. The van der Waals surface area contributed by atoms with Gasteiger partial charge in [0, 0.05) is 22.7 Å². The summed E-state index contributed by atoms with van der Waals surface area (Å²) in [5.41, 5.74) is 0.803. The molecule has 0 fully saturated rings. The molecule has 0 unspecified atom stereocenters. The molecule has 0 saturated carbocycles. The predicted molar refractivity (Wildman–Crippen MR) is 74.0 cm³/mol. The van der Waals surface area contributed by atoms with Crippen LogP contribution in [-0.4, -0.2) is 10.6 Å². The van der Waals surface area contributed by atoms with Crippen LogP contribution in [0.2, 0.25) is 10.0 Å². The number of rotatable bonds is 5.